The topological polar surface area (TPSA) is 90.0 Å². The number of alkyl halides is 1. The highest BCUT2D eigenvalue weighted by atomic mass is 19.1. The van der Waals surface area contributed by atoms with Crippen molar-refractivity contribution in [3.05, 3.63) is 42.7 Å². The average molecular weight is 438 g/mol. The summed E-state index contributed by atoms with van der Waals surface area (Å²) in [7, 11) is 0. The highest BCUT2D eigenvalue weighted by Gasteiger charge is 2.48. The van der Waals surface area contributed by atoms with Crippen LogP contribution in [0.15, 0.2) is 36.9 Å². The number of nitrogens with one attached hydrogen (secondary N) is 2. The zero-order valence-corrected chi connectivity index (χ0v) is 17.4. The Kier molecular flexibility index (Phi) is 4.60. The van der Waals surface area contributed by atoms with Gasteiger partial charge in [0.15, 0.2) is 0 Å². The normalized spacial score (nSPS) is 26.9. The Hall–Kier alpha value is -3.07. The molecule has 4 atom stereocenters. The van der Waals surface area contributed by atoms with Crippen LogP contribution >= 0.6 is 0 Å². The molecule has 3 aromatic rings. The Balaban J connectivity index is 1.30. The van der Waals surface area contributed by atoms with Crippen molar-refractivity contribution >= 4 is 5.82 Å². The van der Waals surface area contributed by atoms with Gasteiger partial charge in [-0.05, 0) is 44.2 Å². The second-order valence-electron chi connectivity index (χ2n) is 9.03. The lowest BCUT2D eigenvalue weighted by Gasteiger charge is -2.41. The second kappa shape index (κ2) is 7.51. The van der Waals surface area contributed by atoms with Crippen molar-refractivity contribution in [3.63, 3.8) is 0 Å². The van der Waals surface area contributed by atoms with Gasteiger partial charge in [-0.15, -0.1) is 0 Å². The molecule has 4 heterocycles. The maximum absolute atomic E-state index is 15.2. The molecule has 2 bridgehead atoms. The number of hydrogen-bond donors (Lipinski definition) is 3. The number of aromatic amines is 1. The number of phenolic OH excluding ortho intramolecular Hbond substituents is 1. The van der Waals surface area contributed by atoms with E-state index in [1.54, 1.807) is 12.4 Å². The lowest BCUT2D eigenvalue weighted by atomic mass is 9.96. The summed E-state index contributed by atoms with van der Waals surface area (Å²) in [6, 6.07) is 2.97. The molecule has 2 saturated heterocycles. The number of rotatable bonds is 5. The molecule has 32 heavy (non-hydrogen) atoms. The predicted molar refractivity (Wildman–Crippen MR) is 115 cm³/mol. The first-order chi connectivity index (χ1) is 15.6. The van der Waals surface area contributed by atoms with E-state index in [1.165, 1.54) is 24.5 Å². The third-order valence-electron chi connectivity index (χ3n) is 6.92. The number of phenols is 1. The molecule has 3 fully saturated rings. The minimum Gasteiger partial charge on any atom is -0.507 e. The predicted octanol–water partition coefficient (Wildman–Crippen LogP) is 3.58. The molecule has 0 amide bonds. The van der Waals surface area contributed by atoms with Gasteiger partial charge in [0.05, 0.1) is 30.3 Å². The fourth-order valence-corrected chi connectivity index (χ4v) is 5.20. The molecule has 7 nitrogen and oxygen atoms in total. The van der Waals surface area contributed by atoms with E-state index in [0.29, 0.717) is 23.1 Å². The summed E-state index contributed by atoms with van der Waals surface area (Å²) < 4.78 is 29.9. The first-order valence-electron chi connectivity index (χ1n) is 11.1. The van der Waals surface area contributed by atoms with Gasteiger partial charge < -0.3 is 15.3 Å². The molecule has 0 spiro atoms. The van der Waals surface area contributed by atoms with Gasteiger partial charge in [-0.3, -0.25) is 10.1 Å². The number of aromatic hydroxyl groups is 1. The minimum atomic E-state index is -0.940. The van der Waals surface area contributed by atoms with Gasteiger partial charge in [-0.2, -0.15) is 5.10 Å². The average Bonchev–Trinajstić information content (AvgIpc) is 3.32. The summed E-state index contributed by atoms with van der Waals surface area (Å²) in [6.07, 6.45) is 9.96. The Labute approximate surface area is 183 Å². The number of benzene rings is 1. The Morgan fingerprint density at radius 2 is 1.91 bits per heavy atom. The number of hydrogen-bond acceptors (Lipinski definition) is 6. The molecule has 1 saturated carbocycles. The number of halogens is 2. The Bertz CT molecular complexity index is 1120. The molecule has 1 aliphatic carbocycles. The SMILES string of the molecule is Oc1cc(-c2cn[nH]c2)c(F)cc1-c1cnc(N(C2CC2)[C@H]2C[C@@H]3CC[C@@H](N3)[C@H]2F)cn1. The maximum Gasteiger partial charge on any atom is 0.147 e. The van der Waals surface area contributed by atoms with Crippen molar-refractivity contribution in [2.24, 2.45) is 0 Å². The van der Waals surface area contributed by atoms with E-state index in [9.17, 15) is 9.50 Å². The second-order valence-corrected chi connectivity index (χ2v) is 9.03. The van der Waals surface area contributed by atoms with Gasteiger partial charge in [0.25, 0.3) is 0 Å². The molecular formula is C23H24F2N6O. The first-order valence-corrected chi connectivity index (χ1v) is 11.1. The lowest BCUT2D eigenvalue weighted by molar-refractivity contribution is 0.171. The van der Waals surface area contributed by atoms with E-state index in [0.717, 1.165) is 32.1 Å². The van der Waals surface area contributed by atoms with E-state index in [2.05, 4.69) is 30.4 Å². The van der Waals surface area contributed by atoms with E-state index in [4.69, 9.17) is 0 Å². The zero-order chi connectivity index (χ0) is 21.8. The fourth-order valence-electron chi connectivity index (χ4n) is 5.20. The van der Waals surface area contributed by atoms with Gasteiger partial charge in [0.1, 0.15) is 23.6 Å². The third-order valence-corrected chi connectivity index (χ3v) is 6.92. The lowest BCUT2D eigenvalue weighted by Crippen LogP contribution is -2.57. The van der Waals surface area contributed by atoms with Crippen LogP contribution in [0, 0.1) is 5.82 Å². The zero-order valence-electron chi connectivity index (χ0n) is 17.4. The highest BCUT2D eigenvalue weighted by Crippen LogP contribution is 2.40. The van der Waals surface area contributed by atoms with Crippen molar-refractivity contribution < 1.29 is 13.9 Å². The first kappa shape index (κ1) is 19.6. The van der Waals surface area contributed by atoms with Crippen molar-refractivity contribution in [3.8, 4) is 28.1 Å². The van der Waals surface area contributed by atoms with Gasteiger partial charge in [0, 0.05) is 41.0 Å². The van der Waals surface area contributed by atoms with Crippen LogP contribution in [0.5, 0.6) is 5.75 Å². The minimum absolute atomic E-state index is 0.0825. The van der Waals surface area contributed by atoms with Gasteiger partial charge in [-0.1, -0.05) is 0 Å². The van der Waals surface area contributed by atoms with E-state index in [-0.39, 0.29) is 35.0 Å². The smallest absolute Gasteiger partial charge is 0.147 e. The van der Waals surface area contributed by atoms with Gasteiger partial charge >= 0.3 is 0 Å². The summed E-state index contributed by atoms with van der Waals surface area (Å²) in [5.41, 5.74) is 1.42. The molecule has 166 valence electrons. The van der Waals surface area contributed by atoms with Crippen molar-refractivity contribution in [2.75, 3.05) is 4.90 Å². The molecule has 9 heteroatoms. The maximum atomic E-state index is 15.2. The standard InChI is InChI=1S/C23H24F2N6O/c24-17-6-16(21(32)7-15(17)12-8-28-29-9-12)19-10-27-22(11-26-19)31(14-2-3-14)20-5-13-1-4-18(30-13)23(20)25/h6-11,13-14,18,20,23,30,32H,1-5H2,(H,28,29)/t13-,18+,20-,23+/m0/s1. The monoisotopic (exact) mass is 438 g/mol. The third kappa shape index (κ3) is 3.31. The van der Waals surface area contributed by atoms with Crippen molar-refractivity contribution in [2.45, 2.75) is 62.4 Å². The molecule has 2 aromatic heterocycles. The molecule has 2 aliphatic heterocycles. The molecule has 3 aliphatic rings. The molecule has 0 radical (unpaired) electrons. The van der Waals surface area contributed by atoms with Crippen LogP contribution in [0.25, 0.3) is 22.4 Å². The molecule has 1 aromatic carbocycles. The number of aromatic nitrogens is 4. The summed E-state index contributed by atoms with van der Waals surface area (Å²) >= 11 is 0. The number of H-pyrrole nitrogens is 1. The van der Waals surface area contributed by atoms with Gasteiger partial charge in [-0.25, -0.2) is 13.8 Å². The quantitative estimate of drug-likeness (QED) is 0.564. The number of anilines is 1. The van der Waals surface area contributed by atoms with Crippen molar-refractivity contribution in [1.82, 2.24) is 25.5 Å². The Morgan fingerprint density at radius 1 is 1.03 bits per heavy atom. The molecule has 6 rings (SSSR count). The van der Waals surface area contributed by atoms with Crippen LogP contribution in [0.4, 0.5) is 14.6 Å². The summed E-state index contributed by atoms with van der Waals surface area (Å²) in [5, 5.41) is 20.4. The van der Waals surface area contributed by atoms with Crippen LogP contribution < -0.4 is 10.2 Å². The highest BCUT2D eigenvalue weighted by molar-refractivity contribution is 5.74. The van der Waals surface area contributed by atoms with E-state index >= 15 is 4.39 Å². The number of fused-ring (bicyclic) bond motifs is 2. The fraction of sp³-hybridized carbons (Fsp3) is 0.435. The summed E-state index contributed by atoms with van der Waals surface area (Å²) in [6.45, 7) is 0. The number of nitrogens with zero attached hydrogens (tertiary/aromatic N) is 4. The van der Waals surface area contributed by atoms with Crippen LogP contribution in [-0.2, 0) is 0 Å². The largest absolute Gasteiger partial charge is 0.507 e. The summed E-state index contributed by atoms with van der Waals surface area (Å²) in [5.74, 6) is 0.0535. The molecule has 3 N–H and O–H groups in total. The van der Waals surface area contributed by atoms with Crippen LogP contribution in [0.3, 0.4) is 0 Å². The van der Waals surface area contributed by atoms with Crippen LogP contribution in [0.2, 0.25) is 0 Å². The van der Waals surface area contributed by atoms with Crippen LogP contribution in [-0.4, -0.2) is 55.6 Å². The summed E-state index contributed by atoms with van der Waals surface area (Å²) in [4.78, 5) is 11.1. The molecule has 0 unspecified atom stereocenters. The Morgan fingerprint density at radius 3 is 2.62 bits per heavy atom. The number of piperidine rings is 1. The molecular weight excluding hydrogens is 414 g/mol. The van der Waals surface area contributed by atoms with E-state index < -0.39 is 12.0 Å². The van der Waals surface area contributed by atoms with Crippen LogP contribution in [0.1, 0.15) is 32.1 Å². The van der Waals surface area contributed by atoms with E-state index in [1.807, 2.05) is 0 Å². The van der Waals surface area contributed by atoms with Gasteiger partial charge in [0.2, 0.25) is 0 Å². The van der Waals surface area contributed by atoms with Crippen molar-refractivity contribution in [1.29, 1.82) is 0 Å².